The summed E-state index contributed by atoms with van der Waals surface area (Å²) in [6.45, 7) is 6.88. The predicted molar refractivity (Wildman–Crippen MR) is 72.9 cm³/mol. The number of quaternary nitrogens is 1. The largest absolute Gasteiger partial charge is 0.550 e. The van der Waals surface area contributed by atoms with E-state index in [9.17, 15) is 9.90 Å². The Kier molecular flexibility index (Phi) is 11.3. The van der Waals surface area contributed by atoms with Crippen molar-refractivity contribution in [3.8, 4) is 0 Å². The van der Waals surface area contributed by atoms with Gasteiger partial charge in [0.1, 0.15) is 12.6 Å². The van der Waals surface area contributed by atoms with Crippen molar-refractivity contribution >= 4 is 5.97 Å². The molecule has 0 saturated carbocycles. The molecule has 18 heavy (non-hydrogen) atoms. The number of aliphatic hydroxyl groups excluding tert-OH is 1. The summed E-state index contributed by atoms with van der Waals surface area (Å²) in [5.74, 6) is -0.275. The molecule has 0 fully saturated rings. The lowest BCUT2D eigenvalue weighted by Crippen LogP contribution is -2.40. The molecule has 4 heteroatoms. The molecule has 0 aromatic heterocycles. The van der Waals surface area contributed by atoms with E-state index in [0.717, 1.165) is 30.3 Å². The van der Waals surface area contributed by atoms with Crippen LogP contribution >= 0.6 is 0 Å². The van der Waals surface area contributed by atoms with Gasteiger partial charge in [-0.15, -0.1) is 0 Å². The highest BCUT2D eigenvalue weighted by molar-refractivity contribution is 5.64. The summed E-state index contributed by atoms with van der Waals surface area (Å²) in [5.41, 5.74) is 0. The maximum absolute atomic E-state index is 9.96. The first-order valence-corrected chi connectivity index (χ1v) is 6.76. The third-order valence-electron chi connectivity index (χ3n) is 2.59. The molecule has 0 radical (unpaired) electrons. The number of rotatable bonds is 7. The highest BCUT2D eigenvalue weighted by Gasteiger charge is 2.09. The molecule has 0 aromatic rings. The van der Waals surface area contributed by atoms with E-state index < -0.39 is 5.97 Å². The molecule has 0 saturated heterocycles. The Morgan fingerprint density at radius 3 is 2.00 bits per heavy atom. The number of carbonyl (C=O) groups is 1. The van der Waals surface area contributed by atoms with Crippen LogP contribution in [0, 0.1) is 5.92 Å². The SMILES string of the molecule is CC(O)C[N+](C)(C)C.CCC(C)CCCC(=O)[O-]. The zero-order chi connectivity index (χ0) is 14.8. The second-order valence-corrected chi connectivity index (χ2v) is 6.10. The number of hydrogen-bond acceptors (Lipinski definition) is 3. The Morgan fingerprint density at radius 1 is 1.28 bits per heavy atom. The summed E-state index contributed by atoms with van der Waals surface area (Å²) in [5, 5.41) is 18.8. The van der Waals surface area contributed by atoms with E-state index in [1.165, 1.54) is 0 Å². The zero-order valence-electron chi connectivity index (χ0n) is 12.9. The van der Waals surface area contributed by atoms with E-state index in [1.807, 2.05) is 6.92 Å². The molecule has 0 amide bonds. The lowest BCUT2D eigenvalue weighted by atomic mass is 10.0. The third kappa shape index (κ3) is 20.8. The minimum Gasteiger partial charge on any atom is -0.550 e. The molecule has 0 heterocycles. The van der Waals surface area contributed by atoms with E-state index in [0.29, 0.717) is 5.92 Å². The molecule has 0 rings (SSSR count). The second-order valence-electron chi connectivity index (χ2n) is 6.10. The van der Waals surface area contributed by atoms with Gasteiger partial charge in [-0.1, -0.05) is 26.7 Å². The third-order valence-corrected chi connectivity index (χ3v) is 2.59. The van der Waals surface area contributed by atoms with Gasteiger partial charge in [0.05, 0.1) is 21.1 Å². The van der Waals surface area contributed by atoms with Gasteiger partial charge in [0, 0.05) is 5.97 Å². The Bertz CT molecular complexity index is 210. The fourth-order valence-electron chi connectivity index (χ4n) is 1.59. The van der Waals surface area contributed by atoms with Crippen LogP contribution in [0.4, 0.5) is 0 Å². The molecule has 0 aliphatic carbocycles. The van der Waals surface area contributed by atoms with Crippen LogP contribution in [0.15, 0.2) is 0 Å². The maximum atomic E-state index is 9.96. The number of likely N-dealkylation sites (N-methyl/N-ethyl adjacent to an activating group) is 1. The van der Waals surface area contributed by atoms with Gasteiger partial charge in [0.25, 0.3) is 0 Å². The lowest BCUT2D eigenvalue weighted by molar-refractivity contribution is -0.873. The Labute approximate surface area is 112 Å². The summed E-state index contributed by atoms with van der Waals surface area (Å²) in [7, 11) is 6.19. The van der Waals surface area contributed by atoms with Gasteiger partial charge in [-0.3, -0.25) is 0 Å². The number of carboxylic acids is 1. The monoisotopic (exact) mass is 261 g/mol. The summed E-state index contributed by atoms with van der Waals surface area (Å²) < 4.78 is 0.831. The molecule has 110 valence electrons. The Morgan fingerprint density at radius 2 is 1.78 bits per heavy atom. The van der Waals surface area contributed by atoms with Crippen molar-refractivity contribution < 1.29 is 19.5 Å². The van der Waals surface area contributed by atoms with Gasteiger partial charge >= 0.3 is 0 Å². The Balaban J connectivity index is 0. The average molecular weight is 261 g/mol. The molecule has 0 spiro atoms. The zero-order valence-corrected chi connectivity index (χ0v) is 12.9. The molecule has 0 aliphatic rings. The average Bonchev–Trinajstić information content (AvgIpc) is 2.13. The first-order chi connectivity index (χ1) is 8.08. The van der Waals surface area contributed by atoms with Gasteiger partial charge in [0.15, 0.2) is 0 Å². The normalized spacial score (nSPS) is 14.4. The predicted octanol–water partition coefficient (Wildman–Crippen LogP) is 1.03. The molecule has 1 N–H and O–H groups in total. The van der Waals surface area contributed by atoms with Crippen LogP contribution in [0.3, 0.4) is 0 Å². The first kappa shape index (κ1) is 19.7. The minimum absolute atomic E-state index is 0.185. The van der Waals surface area contributed by atoms with E-state index in [4.69, 9.17) is 5.11 Å². The molecule has 2 unspecified atom stereocenters. The van der Waals surface area contributed by atoms with E-state index in [1.54, 1.807) is 0 Å². The first-order valence-electron chi connectivity index (χ1n) is 6.76. The van der Waals surface area contributed by atoms with Crippen LogP contribution in [0.1, 0.15) is 46.5 Å². The number of hydrogen-bond donors (Lipinski definition) is 1. The smallest absolute Gasteiger partial charge is 0.104 e. The van der Waals surface area contributed by atoms with Crippen LogP contribution in [-0.2, 0) is 4.79 Å². The maximum Gasteiger partial charge on any atom is 0.104 e. The van der Waals surface area contributed by atoms with Crippen molar-refractivity contribution in [2.75, 3.05) is 27.7 Å². The highest BCUT2D eigenvalue weighted by atomic mass is 16.4. The van der Waals surface area contributed by atoms with Crippen LogP contribution in [-0.4, -0.2) is 49.4 Å². The quantitative estimate of drug-likeness (QED) is 0.696. The number of nitrogens with zero attached hydrogens (tertiary/aromatic N) is 1. The van der Waals surface area contributed by atoms with Crippen molar-refractivity contribution in [2.45, 2.75) is 52.6 Å². The fourth-order valence-corrected chi connectivity index (χ4v) is 1.59. The lowest BCUT2D eigenvalue weighted by Gasteiger charge is -2.24. The minimum atomic E-state index is -0.927. The van der Waals surface area contributed by atoms with Crippen molar-refractivity contribution in [3.63, 3.8) is 0 Å². The van der Waals surface area contributed by atoms with Crippen LogP contribution < -0.4 is 5.11 Å². The molecule has 2 atom stereocenters. The van der Waals surface area contributed by atoms with Crippen LogP contribution in [0.5, 0.6) is 0 Å². The van der Waals surface area contributed by atoms with Crippen molar-refractivity contribution in [1.29, 1.82) is 0 Å². The van der Waals surface area contributed by atoms with Crippen molar-refractivity contribution in [3.05, 3.63) is 0 Å². The van der Waals surface area contributed by atoms with Gasteiger partial charge in [-0.05, 0) is 25.7 Å². The van der Waals surface area contributed by atoms with Gasteiger partial charge in [0.2, 0.25) is 0 Å². The standard InChI is InChI=1S/C8H16O2.C6H16NO/c1-3-7(2)5-4-6-8(9)10;1-6(8)5-7(2,3)4/h7H,3-6H2,1-2H3,(H,9,10);6,8H,5H2,1-4H3/q;+1/p-1. The fraction of sp³-hybridized carbons (Fsp3) is 0.929. The van der Waals surface area contributed by atoms with Gasteiger partial charge in [-0.25, -0.2) is 0 Å². The summed E-state index contributed by atoms with van der Waals surface area (Å²) in [4.78, 5) is 9.96. The van der Waals surface area contributed by atoms with E-state index in [-0.39, 0.29) is 12.5 Å². The van der Waals surface area contributed by atoms with E-state index in [2.05, 4.69) is 35.0 Å². The molecule has 0 aromatic carbocycles. The van der Waals surface area contributed by atoms with Gasteiger partial charge < -0.3 is 19.5 Å². The summed E-state index contributed by atoms with van der Waals surface area (Å²) in [6, 6.07) is 0. The van der Waals surface area contributed by atoms with Gasteiger partial charge in [-0.2, -0.15) is 0 Å². The number of aliphatic hydroxyl groups is 1. The molecular formula is C14H31NO3. The van der Waals surface area contributed by atoms with Crippen molar-refractivity contribution in [2.24, 2.45) is 5.92 Å². The van der Waals surface area contributed by atoms with Crippen LogP contribution in [0.2, 0.25) is 0 Å². The molecular weight excluding hydrogens is 230 g/mol. The Hall–Kier alpha value is -0.610. The topological polar surface area (TPSA) is 60.4 Å². The van der Waals surface area contributed by atoms with Crippen LogP contribution in [0.25, 0.3) is 0 Å². The second kappa shape index (κ2) is 10.3. The molecule has 0 bridgehead atoms. The number of carbonyl (C=O) groups excluding carboxylic acids is 1. The number of carboxylic acid groups (broad SMARTS) is 1. The summed E-state index contributed by atoms with van der Waals surface area (Å²) >= 11 is 0. The highest BCUT2D eigenvalue weighted by Crippen LogP contribution is 2.10. The molecule has 4 nitrogen and oxygen atoms in total. The van der Waals surface area contributed by atoms with E-state index >= 15 is 0 Å². The number of aliphatic carboxylic acids is 1. The summed E-state index contributed by atoms with van der Waals surface area (Å²) in [6.07, 6.45) is 2.93. The molecule has 0 aliphatic heterocycles. The van der Waals surface area contributed by atoms with Crippen molar-refractivity contribution in [1.82, 2.24) is 0 Å².